The average molecular weight is 654 g/mol. The second-order valence-corrected chi connectivity index (χ2v) is 14.1. The van der Waals surface area contributed by atoms with E-state index in [1.54, 1.807) is 86.6 Å². The highest BCUT2D eigenvalue weighted by Crippen LogP contribution is 2.34. The SMILES string of the molecule is CC(C)(C)OC(=O)CCCN1C(=O)c2cccc3c(NCCCN=C(NC(=O)OC(C)(C)C)NC(=O)OC(C)(C)C)ccc(c23)C1=O. The van der Waals surface area contributed by atoms with Gasteiger partial charge in [-0.3, -0.25) is 34.9 Å². The largest absolute Gasteiger partial charge is 0.460 e. The minimum atomic E-state index is -0.778. The third-order valence-corrected chi connectivity index (χ3v) is 6.33. The molecule has 3 N–H and O–H groups in total. The highest BCUT2D eigenvalue weighted by molar-refractivity contribution is 6.26. The molecule has 0 atom stereocenters. The number of guanidine groups is 1. The van der Waals surface area contributed by atoms with Crippen LogP contribution in [0.25, 0.3) is 10.8 Å². The molecule has 0 saturated heterocycles. The molecule has 4 amide bonds. The third-order valence-electron chi connectivity index (χ3n) is 6.33. The molecule has 3 rings (SSSR count). The van der Waals surface area contributed by atoms with Crippen molar-refractivity contribution in [3.8, 4) is 0 Å². The summed E-state index contributed by atoms with van der Waals surface area (Å²) in [6, 6.07) is 8.78. The van der Waals surface area contributed by atoms with Gasteiger partial charge in [0.25, 0.3) is 11.8 Å². The quantitative estimate of drug-likeness (QED) is 0.0761. The summed E-state index contributed by atoms with van der Waals surface area (Å²) in [6.07, 6.45) is -0.669. The van der Waals surface area contributed by atoms with Gasteiger partial charge in [-0.25, -0.2) is 9.59 Å². The number of nitrogens with one attached hydrogen (secondary N) is 3. The van der Waals surface area contributed by atoms with Crippen molar-refractivity contribution in [3.63, 3.8) is 0 Å². The number of ether oxygens (including phenoxy) is 3. The number of rotatable bonds is 9. The molecule has 2 aromatic rings. The lowest BCUT2D eigenvalue weighted by molar-refractivity contribution is -0.155. The van der Waals surface area contributed by atoms with Gasteiger partial charge in [0.1, 0.15) is 16.8 Å². The lowest BCUT2D eigenvalue weighted by atomic mass is 9.93. The molecular formula is C34H47N5O8. The lowest BCUT2D eigenvalue weighted by Gasteiger charge is -2.28. The van der Waals surface area contributed by atoms with Crippen LogP contribution >= 0.6 is 0 Å². The number of esters is 1. The predicted molar refractivity (Wildman–Crippen MR) is 179 cm³/mol. The van der Waals surface area contributed by atoms with Crippen LogP contribution in [0.15, 0.2) is 35.3 Å². The van der Waals surface area contributed by atoms with Crippen molar-refractivity contribution in [1.82, 2.24) is 15.5 Å². The van der Waals surface area contributed by atoms with Gasteiger partial charge < -0.3 is 19.5 Å². The molecule has 13 heteroatoms. The molecule has 1 heterocycles. The van der Waals surface area contributed by atoms with E-state index in [1.165, 1.54) is 4.90 Å². The first-order chi connectivity index (χ1) is 21.7. The van der Waals surface area contributed by atoms with Crippen molar-refractivity contribution < 1.29 is 38.2 Å². The number of alkyl carbamates (subject to hydrolysis) is 2. The molecule has 0 aliphatic carbocycles. The summed E-state index contributed by atoms with van der Waals surface area (Å²) in [6.45, 7) is 16.4. The lowest BCUT2D eigenvalue weighted by Crippen LogP contribution is -2.47. The Morgan fingerprint density at radius 1 is 0.745 bits per heavy atom. The second-order valence-electron chi connectivity index (χ2n) is 14.1. The Morgan fingerprint density at radius 3 is 1.85 bits per heavy atom. The Balaban J connectivity index is 1.67. The molecule has 256 valence electrons. The highest BCUT2D eigenvalue weighted by atomic mass is 16.6. The van der Waals surface area contributed by atoms with Gasteiger partial charge >= 0.3 is 18.2 Å². The van der Waals surface area contributed by atoms with Gasteiger partial charge in [-0.05, 0) is 93.4 Å². The molecule has 0 fully saturated rings. The number of imide groups is 1. The fraction of sp³-hybridized carbons (Fsp3) is 0.529. The number of carbonyl (C=O) groups excluding carboxylic acids is 5. The molecule has 1 aliphatic rings. The summed E-state index contributed by atoms with van der Waals surface area (Å²) in [5, 5.41) is 9.53. The van der Waals surface area contributed by atoms with E-state index in [-0.39, 0.29) is 31.4 Å². The van der Waals surface area contributed by atoms with Gasteiger partial charge in [0.2, 0.25) is 5.96 Å². The number of anilines is 1. The molecule has 47 heavy (non-hydrogen) atoms. The van der Waals surface area contributed by atoms with Crippen LogP contribution in [0, 0.1) is 0 Å². The van der Waals surface area contributed by atoms with E-state index < -0.39 is 40.8 Å². The minimum absolute atomic E-state index is 0.0912. The number of nitrogens with zero attached hydrogens (tertiary/aromatic N) is 2. The van der Waals surface area contributed by atoms with Crippen molar-refractivity contribution in [2.45, 2.75) is 98.4 Å². The van der Waals surface area contributed by atoms with Gasteiger partial charge in [0, 0.05) is 53.6 Å². The molecule has 2 aromatic carbocycles. The van der Waals surface area contributed by atoms with Crippen LogP contribution in [0.3, 0.4) is 0 Å². The fourth-order valence-electron chi connectivity index (χ4n) is 4.68. The Kier molecular flexibility index (Phi) is 11.6. The second kappa shape index (κ2) is 14.8. The summed E-state index contributed by atoms with van der Waals surface area (Å²) in [5.74, 6) is -1.31. The van der Waals surface area contributed by atoms with Crippen LogP contribution in [0.1, 0.15) is 102 Å². The third kappa shape index (κ3) is 11.3. The summed E-state index contributed by atoms with van der Waals surface area (Å²) in [5.41, 5.74) is -0.560. The fourth-order valence-corrected chi connectivity index (χ4v) is 4.68. The van der Waals surface area contributed by atoms with Crippen LogP contribution in [0.2, 0.25) is 0 Å². The summed E-state index contributed by atoms with van der Waals surface area (Å²) < 4.78 is 15.9. The number of carbonyl (C=O) groups is 5. The van der Waals surface area contributed by atoms with Crippen LogP contribution < -0.4 is 16.0 Å². The zero-order chi connectivity index (χ0) is 35.2. The number of hydrogen-bond acceptors (Lipinski definition) is 10. The van der Waals surface area contributed by atoms with Crippen molar-refractivity contribution in [3.05, 3.63) is 41.5 Å². The number of hydrogen-bond donors (Lipinski definition) is 3. The normalized spacial score (nSPS) is 13.2. The van der Waals surface area contributed by atoms with E-state index >= 15 is 0 Å². The summed E-state index contributed by atoms with van der Waals surface area (Å²) >= 11 is 0. The van der Waals surface area contributed by atoms with Crippen LogP contribution in [-0.2, 0) is 19.0 Å². The molecule has 0 bridgehead atoms. The maximum absolute atomic E-state index is 13.4. The first kappa shape index (κ1) is 36.8. The molecule has 0 spiro atoms. The molecule has 0 aromatic heterocycles. The first-order valence-corrected chi connectivity index (χ1v) is 15.7. The van der Waals surface area contributed by atoms with E-state index in [0.717, 1.165) is 11.1 Å². The summed E-state index contributed by atoms with van der Waals surface area (Å²) in [4.78, 5) is 69.0. The molecule has 1 aliphatic heterocycles. The average Bonchev–Trinajstić information content (AvgIpc) is 2.90. The number of aliphatic imine (C=N–C) groups is 1. The van der Waals surface area contributed by atoms with Crippen molar-refractivity contribution in [2.24, 2.45) is 4.99 Å². The van der Waals surface area contributed by atoms with Crippen LogP contribution in [-0.4, -0.2) is 77.3 Å². The number of benzene rings is 2. The van der Waals surface area contributed by atoms with E-state index in [2.05, 4.69) is 20.9 Å². The molecule has 0 radical (unpaired) electrons. The van der Waals surface area contributed by atoms with E-state index in [0.29, 0.717) is 35.9 Å². The summed E-state index contributed by atoms with van der Waals surface area (Å²) in [7, 11) is 0. The zero-order valence-electron chi connectivity index (χ0n) is 28.8. The monoisotopic (exact) mass is 653 g/mol. The molecular weight excluding hydrogens is 606 g/mol. The molecule has 0 saturated carbocycles. The van der Waals surface area contributed by atoms with Crippen LogP contribution in [0.4, 0.5) is 15.3 Å². The van der Waals surface area contributed by atoms with Crippen molar-refractivity contribution in [1.29, 1.82) is 0 Å². The van der Waals surface area contributed by atoms with Crippen molar-refractivity contribution >= 4 is 52.4 Å². The van der Waals surface area contributed by atoms with Gasteiger partial charge in [-0.15, -0.1) is 0 Å². The standard InChI is InChI=1S/C34H47N5O8/c1-32(2,3)45-25(40)15-11-20-39-27(41)22-14-10-13-21-24(17-16-23(26(21)22)28(39)42)35-18-12-19-36-29(37-30(43)46-33(4,5)6)38-31(44)47-34(7,8)9/h10,13-14,16-17,35H,11-12,15,18-20H2,1-9H3,(H2,36,37,38,43,44). The van der Waals surface area contributed by atoms with Gasteiger partial charge in [-0.2, -0.15) is 0 Å². The van der Waals surface area contributed by atoms with Gasteiger partial charge in [-0.1, -0.05) is 12.1 Å². The number of amides is 4. The maximum atomic E-state index is 13.4. The Bertz CT molecular complexity index is 1490. The van der Waals surface area contributed by atoms with E-state index in [9.17, 15) is 24.0 Å². The molecule has 0 unspecified atom stereocenters. The van der Waals surface area contributed by atoms with E-state index in [4.69, 9.17) is 14.2 Å². The minimum Gasteiger partial charge on any atom is -0.460 e. The highest BCUT2D eigenvalue weighted by Gasteiger charge is 2.33. The van der Waals surface area contributed by atoms with Gasteiger partial charge in [0.15, 0.2) is 0 Å². The first-order valence-electron chi connectivity index (χ1n) is 15.7. The topological polar surface area (TPSA) is 165 Å². The zero-order valence-corrected chi connectivity index (χ0v) is 28.8. The van der Waals surface area contributed by atoms with Crippen molar-refractivity contribution in [2.75, 3.05) is 25.0 Å². The maximum Gasteiger partial charge on any atom is 0.414 e. The Labute approximate surface area is 275 Å². The van der Waals surface area contributed by atoms with Gasteiger partial charge in [0.05, 0.1) is 0 Å². The Hall–Kier alpha value is -4.68. The van der Waals surface area contributed by atoms with E-state index in [1.807, 2.05) is 6.07 Å². The smallest absolute Gasteiger partial charge is 0.414 e. The van der Waals surface area contributed by atoms with Crippen LogP contribution in [0.5, 0.6) is 0 Å². The Morgan fingerprint density at radius 2 is 1.30 bits per heavy atom. The predicted octanol–water partition coefficient (Wildman–Crippen LogP) is 5.77. The molecule has 13 nitrogen and oxygen atoms in total.